The summed E-state index contributed by atoms with van der Waals surface area (Å²) in [5.41, 5.74) is 1.25. The minimum absolute atomic E-state index is 0.117. The van der Waals surface area contributed by atoms with E-state index < -0.39 is 0 Å². The van der Waals surface area contributed by atoms with Crippen LogP contribution in [-0.4, -0.2) is 52.5 Å². The maximum atomic E-state index is 12.3. The molecule has 5 nitrogen and oxygen atoms in total. The summed E-state index contributed by atoms with van der Waals surface area (Å²) >= 11 is 1.73. The highest BCUT2D eigenvalue weighted by Crippen LogP contribution is 2.36. The van der Waals surface area contributed by atoms with Crippen molar-refractivity contribution in [2.45, 2.75) is 70.1 Å². The monoisotopic (exact) mass is 361 g/mol. The average Bonchev–Trinajstić information content (AvgIpc) is 3.34. The second kappa shape index (κ2) is 6.54. The largest absolute Gasteiger partial charge is 0.465 e. The van der Waals surface area contributed by atoms with E-state index in [1.54, 1.807) is 11.3 Å². The molecule has 6 heteroatoms. The first-order chi connectivity index (χ1) is 12.3. The normalized spacial score (nSPS) is 27.7. The summed E-state index contributed by atoms with van der Waals surface area (Å²) < 4.78 is 6.22. The van der Waals surface area contributed by atoms with E-state index in [9.17, 15) is 4.79 Å². The third-order valence-electron chi connectivity index (χ3n) is 6.22. The third kappa shape index (κ3) is 3.31. The molecule has 0 N–H and O–H groups in total. The van der Waals surface area contributed by atoms with Gasteiger partial charge in [-0.05, 0) is 38.5 Å². The van der Waals surface area contributed by atoms with Crippen LogP contribution in [-0.2, 0) is 17.8 Å². The van der Waals surface area contributed by atoms with Gasteiger partial charge in [0.1, 0.15) is 6.10 Å². The zero-order valence-electron chi connectivity index (χ0n) is 14.8. The number of aromatic nitrogens is 1. The Morgan fingerprint density at radius 1 is 1.12 bits per heavy atom. The van der Waals surface area contributed by atoms with Gasteiger partial charge >= 0.3 is 0 Å². The number of thiazole rings is 1. The Bertz CT molecular complexity index is 653. The fourth-order valence-corrected chi connectivity index (χ4v) is 5.32. The number of piperidine rings is 1. The van der Waals surface area contributed by atoms with Crippen molar-refractivity contribution >= 4 is 17.2 Å². The predicted molar refractivity (Wildman–Crippen MR) is 96.8 cm³/mol. The van der Waals surface area contributed by atoms with Gasteiger partial charge in [-0.15, -0.1) is 0 Å². The zero-order chi connectivity index (χ0) is 16.8. The molecule has 1 aromatic heterocycles. The maximum absolute atomic E-state index is 12.3. The van der Waals surface area contributed by atoms with Gasteiger partial charge in [-0.2, -0.15) is 0 Å². The Morgan fingerprint density at radius 2 is 2.00 bits per heavy atom. The van der Waals surface area contributed by atoms with Gasteiger partial charge in [0.15, 0.2) is 0 Å². The van der Waals surface area contributed by atoms with Gasteiger partial charge in [0, 0.05) is 42.9 Å². The number of fused-ring (bicyclic) bond motifs is 1. The molecule has 1 saturated heterocycles. The van der Waals surface area contributed by atoms with Gasteiger partial charge in [-0.3, -0.25) is 9.69 Å². The number of amides is 1. The Labute approximate surface area is 153 Å². The second-order valence-electron chi connectivity index (χ2n) is 8.10. The highest BCUT2D eigenvalue weighted by Gasteiger charge is 2.36. The Balaban J connectivity index is 1.21. The molecule has 1 atom stereocenters. The number of rotatable bonds is 4. The second-order valence-corrected chi connectivity index (χ2v) is 9.14. The van der Waals surface area contributed by atoms with Crippen molar-refractivity contribution in [3.05, 3.63) is 10.6 Å². The summed E-state index contributed by atoms with van der Waals surface area (Å²) in [5.74, 6) is 0.659. The lowest BCUT2D eigenvalue weighted by Crippen LogP contribution is -2.45. The standard InChI is InChI=1S/C19H27N3O2S/c23-18(13-6-7-13)22-9-2-5-15(11-22)24-19-20-16-8-10-21(12-17(16)25-19)14-3-1-4-14/h13-15H,1-12H2. The van der Waals surface area contributed by atoms with Crippen molar-refractivity contribution in [3.8, 4) is 5.19 Å². The van der Waals surface area contributed by atoms with Gasteiger partial charge in [0.25, 0.3) is 5.19 Å². The summed E-state index contributed by atoms with van der Waals surface area (Å²) in [4.78, 5) is 23.1. The van der Waals surface area contributed by atoms with Crippen LogP contribution in [0.4, 0.5) is 0 Å². The van der Waals surface area contributed by atoms with Crippen molar-refractivity contribution < 1.29 is 9.53 Å². The van der Waals surface area contributed by atoms with Crippen LogP contribution < -0.4 is 4.74 Å². The predicted octanol–water partition coefficient (Wildman–Crippen LogP) is 2.83. The van der Waals surface area contributed by atoms with Gasteiger partial charge in [-0.1, -0.05) is 17.8 Å². The number of hydrogen-bond acceptors (Lipinski definition) is 5. The smallest absolute Gasteiger partial charge is 0.274 e. The first-order valence-corrected chi connectivity index (χ1v) is 10.8. The van der Waals surface area contributed by atoms with E-state index in [2.05, 4.69) is 4.90 Å². The van der Waals surface area contributed by atoms with E-state index in [-0.39, 0.29) is 6.10 Å². The van der Waals surface area contributed by atoms with Crippen LogP contribution in [0.15, 0.2) is 0 Å². The molecule has 0 aromatic carbocycles. The lowest BCUT2D eigenvalue weighted by Gasteiger charge is -2.39. The van der Waals surface area contributed by atoms with E-state index >= 15 is 0 Å². The molecule has 2 aliphatic carbocycles. The third-order valence-corrected chi connectivity index (χ3v) is 7.19. The molecule has 1 amide bonds. The maximum Gasteiger partial charge on any atom is 0.274 e. The van der Waals surface area contributed by atoms with Gasteiger partial charge < -0.3 is 9.64 Å². The van der Waals surface area contributed by atoms with Crippen LogP contribution in [0.25, 0.3) is 0 Å². The average molecular weight is 362 g/mol. The SMILES string of the molecule is O=C(C1CC1)N1CCCC(Oc2nc3c(s2)CN(C2CCC2)CC3)C1. The quantitative estimate of drug-likeness (QED) is 0.827. The molecular weight excluding hydrogens is 334 g/mol. The summed E-state index contributed by atoms with van der Waals surface area (Å²) in [7, 11) is 0. The summed E-state index contributed by atoms with van der Waals surface area (Å²) in [6, 6.07) is 0.806. The van der Waals surface area contributed by atoms with Gasteiger partial charge in [0.05, 0.1) is 12.2 Å². The minimum atomic E-state index is 0.117. The molecule has 136 valence electrons. The Kier molecular flexibility index (Phi) is 4.20. The van der Waals surface area contributed by atoms with E-state index in [1.165, 1.54) is 29.8 Å². The number of hydrogen-bond donors (Lipinski definition) is 0. The molecule has 0 radical (unpaired) electrons. The lowest BCUT2D eigenvalue weighted by molar-refractivity contribution is -0.135. The van der Waals surface area contributed by atoms with Gasteiger partial charge in [-0.25, -0.2) is 4.98 Å². The Hall–Kier alpha value is -1.14. The number of likely N-dealkylation sites (tertiary alicyclic amines) is 1. The summed E-state index contributed by atoms with van der Waals surface area (Å²) in [5, 5.41) is 0.825. The summed E-state index contributed by atoms with van der Waals surface area (Å²) in [6.07, 6.45) is 9.54. The molecule has 2 aliphatic heterocycles. The van der Waals surface area contributed by atoms with Crippen molar-refractivity contribution in [1.82, 2.24) is 14.8 Å². The molecule has 25 heavy (non-hydrogen) atoms. The van der Waals surface area contributed by atoms with E-state index in [0.29, 0.717) is 11.8 Å². The number of nitrogens with zero attached hydrogens (tertiary/aromatic N) is 3. The topological polar surface area (TPSA) is 45.7 Å². The Morgan fingerprint density at radius 3 is 2.76 bits per heavy atom. The number of ether oxygens (including phenoxy) is 1. The molecule has 0 bridgehead atoms. The van der Waals surface area contributed by atoms with Crippen molar-refractivity contribution in [1.29, 1.82) is 0 Å². The lowest BCUT2D eigenvalue weighted by atomic mass is 9.90. The fourth-order valence-electron chi connectivity index (χ4n) is 4.27. The van der Waals surface area contributed by atoms with Crippen LogP contribution in [0.2, 0.25) is 0 Å². The number of carbonyl (C=O) groups excluding carboxylic acids is 1. The molecular formula is C19H27N3O2S. The fraction of sp³-hybridized carbons (Fsp3) is 0.789. The molecule has 4 aliphatic rings. The molecule has 0 spiro atoms. The van der Waals surface area contributed by atoms with Crippen LogP contribution >= 0.6 is 11.3 Å². The molecule has 5 rings (SSSR count). The first-order valence-electron chi connectivity index (χ1n) is 9.94. The highest BCUT2D eigenvalue weighted by atomic mass is 32.1. The minimum Gasteiger partial charge on any atom is -0.465 e. The van der Waals surface area contributed by atoms with Crippen LogP contribution in [0.1, 0.15) is 55.5 Å². The van der Waals surface area contributed by atoms with Crippen molar-refractivity contribution in [3.63, 3.8) is 0 Å². The van der Waals surface area contributed by atoms with Crippen LogP contribution in [0.5, 0.6) is 5.19 Å². The first kappa shape index (κ1) is 16.1. The molecule has 1 unspecified atom stereocenters. The van der Waals surface area contributed by atoms with E-state index in [4.69, 9.17) is 9.72 Å². The van der Waals surface area contributed by atoms with Gasteiger partial charge in [0.2, 0.25) is 5.91 Å². The van der Waals surface area contributed by atoms with E-state index in [0.717, 1.165) is 69.5 Å². The highest BCUT2D eigenvalue weighted by molar-refractivity contribution is 7.13. The molecule has 3 fully saturated rings. The molecule has 1 aromatic rings. The molecule has 3 heterocycles. The molecule has 2 saturated carbocycles. The number of carbonyl (C=O) groups is 1. The summed E-state index contributed by atoms with van der Waals surface area (Å²) in [6.45, 7) is 3.85. The van der Waals surface area contributed by atoms with Crippen molar-refractivity contribution in [2.24, 2.45) is 5.92 Å². The van der Waals surface area contributed by atoms with E-state index in [1.807, 2.05) is 4.90 Å². The van der Waals surface area contributed by atoms with Crippen molar-refractivity contribution in [2.75, 3.05) is 19.6 Å². The zero-order valence-corrected chi connectivity index (χ0v) is 15.6. The van der Waals surface area contributed by atoms with Crippen LogP contribution in [0, 0.1) is 5.92 Å². The van der Waals surface area contributed by atoms with Crippen LogP contribution in [0.3, 0.4) is 0 Å².